The minimum absolute atomic E-state index is 0.0986. The van der Waals surface area contributed by atoms with Crippen LogP contribution in [0.3, 0.4) is 0 Å². The minimum atomic E-state index is -1.22. The molecule has 2 fully saturated rings. The van der Waals surface area contributed by atoms with Gasteiger partial charge in [-0.05, 0) is 31.0 Å². The third-order valence-electron chi connectivity index (χ3n) is 6.50. The Morgan fingerprint density at radius 1 is 1.17 bits per heavy atom. The highest BCUT2D eigenvalue weighted by Gasteiger charge is 2.44. The summed E-state index contributed by atoms with van der Waals surface area (Å²) >= 11 is 6.10. The first-order valence-corrected chi connectivity index (χ1v) is 12.6. The zero-order valence-electron chi connectivity index (χ0n) is 21.3. The lowest BCUT2D eigenvalue weighted by Crippen LogP contribution is -2.54. The summed E-state index contributed by atoms with van der Waals surface area (Å²) in [5.74, 6) is 16.1. The van der Waals surface area contributed by atoms with Crippen molar-refractivity contribution < 1.29 is 18.7 Å². The lowest BCUT2D eigenvalue weighted by Gasteiger charge is -2.38. The molecule has 3 aliphatic rings. The van der Waals surface area contributed by atoms with Crippen molar-refractivity contribution in [3.05, 3.63) is 53.4 Å². The Labute approximate surface area is 237 Å². The van der Waals surface area contributed by atoms with Crippen LogP contribution in [0.25, 0.3) is 0 Å². The minimum Gasteiger partial charge on any atom is -0.424 e. The number of likely N-dealkylation sites (tertiary alicyclic amines) is 1. The van der Waals surface area contributed by atoms with Crippen molar-refractivity contribution in [2.45, 2.75) is 24.4 Å². The van der Waals surface area contributed by atoms with Crippen LogP contribution in [0.2, 0.25) is 0 Å². The number of piperidine rings is 1. The number of nitrogens with two attached hydrogens (primary N) is 3. The van der Waals surface area contributed by atoms with Crippen LogP contribution in [0.1, 0.15) is 23.4 Å². The fraction of sp³-hybridized carbons (Fsp3) is 0.318. The van der Waals surface area contributed by atoms with Crippen molar-refractivity contribution >= 4 is 35.2 Å². The van der Waals surface area contributed by atoms with Crippen LogP contribution in [0, 0.1) is 0 Å². The highest BCUT2D eigenvalue weighted by molar-refractivity contribution is 6.30. The molecule has 2 aromatic heterocycles. The number of halogens is 1. The van der Waals surface area contributed by atoms with Gasteiger partial charge in [0.25, 0.3) is 17.8 Å². The Balaban J connectivity index is 1.21. The maximum Gasteiger partial charge on any atom is 0.290 e. The van der Waals surface area contributed by atoms with E-state index in [2.05, 4.69) is 46.3 Å². The Bertz CT molecular complexity index is 1460. The Morgan fingerprint density at radius 2 is 1.95 bits per heavy atom. The summed E-state index contributed by atoms with van der Waals surface area (Å²) in [7, 11) is 0. The summed E-state index contributed by atoms with van der Waals surface area (Å²) < 4.78 is 11.2. The van der Waals surface area contributed by atoms with Gasteiger partial charge in [-0.2, -0.15) is 4.99 Å². The first-order chi connectivity index (χ1) is 19.8. The highest BCUT2D eigenvalue weighted by atomic mass is 35.5. The molecule has 0 radical (unpaired) electrons. The quantitative estimate of drug-likeness (QED) is 0.140. The number of hydrogen-bond acceptors (Lipinski definition) is 12. The van der Waals surface area contributed by atoms with Gasteiger partial charge in [0.15, 0.2) is 22.8 Å². The van der Waals surface area contributed by atoms with Crippen LogP contribution in [-0.4, -0.2) is 69.7 Å². The molecule has 8 N–H and O–H groups in total. The van der Waals surface area contributed by atoms with E-state index in [1.807, 2.05) is 0 Å². The number of ether oxygens (including phenoxy) is 1. The maximum atomic E-state index is 13.1. The topological polar surface area (TPSA) is 252 Å². The summed E-state index contributed by atoms with van der Waals surface area (Å²) in [5, 5.41) is 20.6. The van der Waals surface area contributed by atoms with Crippen LogP contribution >= 0.6 is 11.6 Å². The molecule has 214 valence electrons. The van der Waals surface area contributed by atoms with Gasteiger partial charge in [-0.3, -0.25) is 19.6 Å². The first-order valence-electron chi connectivity index (χ1n) is 12.2. The third kappa shape index (κ3) is 5.92. The van der Waals surface area contributed by atoms with E-state index < -0.39 is 17.5 Å². The molecular formula is C22H25ClN14O4. The summed E-state index contributed by atoms with van der Waals surface area (Å²) in [5.41, 5.74) is -0.511. The fourth-order valence-electron chi connectivity index (χ4n) is 4.51. The summed E-state index contributed by atoms with van der Waals surface area (Å²) in [6.45, 7) is 1.18. The Hall–Kier alpha value is -5.10. The number of aliphatic imine (C=N–C) groups is 2. The number of hydrazine groups is 1. The maximum absolute atomic E-state index is 13.1. The van der Waals surface area contributed by atoms with E-state index in [0.29, 0.717) is 38.2 Å². The number of furan rings is 1. The van der Waals surface area contributed by atoms with E-state index in [4.69, 9.17) is 38.3 Å². The average Bonchev–Trinajstić information content (AvgIpc) is 3.55. The molecule has 0 saturated carbocycles. The van der Waals surface area contributed by atoms with Gasteiger partial charge in [0.2, 0.25) is 11.8 Å². The molecule has 0 aliphatic carbocycles. The van der Waals surface area contributed by atoms with Gasteiger partial charge in [0, 0.05) is 25.4 Å². The molecule has 2 saturated heterocycles. The predicted molar refractivity (Wildman–Crippen MR) is 143 cm³/mol. The molecule has 2 aromatic rings. The number of pyridine rings is 1. The second-order valence-electron chi connectivity index (χ2n) is 9.12. The number of guanidine groups is 1. The van der Waals surface area contributed by atoms with E-state index in [1.54, 1.807) is 35.4 Å². The lowest BCUT2D eigenvalue weighted by atomic mass is 9.88. The van der Waals surface area contributed by atoms with Crippen molar-refractivity contribution in [1.82, 2.24) is 25.5 Å². The Kier molecular flexibility index (Phi) is 7.74. The number of carbonyl (C=O) groups is 2. The Morgan fingerprint density at radius 3 is 2.66 bits per heavy atom. The molecule has 1 unspecified atom stereocenters. The summed E-state index contributed by atoms with van der Waals surface area (Å²) in [6.07, 6.45) is 4.24. The van der Waals surface area contributed by atoms with E-state index in [0.717, 1.165) is 0 Å². The smallest absolute Gasteiger partial charge is 0.290 e. The van der Waals surface area contributed by atoms with E-state index in [-0.39, 0.29) is 40.4 Å². The van der Waals surface area contributed by atoms with Crippen LogP contribution in [0.5, 0.6) is 11.7 Å². The number of aromatic nitrogens is 1. The van der Waals surface area contributed by atoms with Crippen LogP contribution < -0.4 is 32.9 Å². The molecular weight excluding hydrogens is 560 g/mol. The first kappa shape index (κ1) is 27.5. The highest BCUT2D eigenvalue weighted by Crippen LogP contribution is 2.29. The number of hydrogen-bond donors (Lipinski definition) is 5. The number of amides is 2. The molecule has 2 amide bonds. The van der Waals surface area contributed by atoms with Gasteiger partial charge in [0.05, 0.1) is 18.3 Å². The number of carbonyl (C=O) groups excluding carboxylic acids is 2. The molecule has 19 heteroatoms. The molecule has 41 heavy (non-hydrogen) atoms. The van der Waals surface area contributed by atoms with E-state index >= 15 is 0 Å². The zero-order valence-corrected chi connectivity index (χ0v) is 22.1. The van der Waals surface area contributed by atoms with Crippen molar-refractivity contribution in [2.24, 2.45) is 48.2 Å². The normalized spacial score (nSPS) is 21.5. The summed E-state index contributed by atoms with van der Waals surface area (Å²) in [4.78, 5) is 39.9. The van der Waals surface area contributed by atoms with Crippen LogP contribution in [0.4, 0.5) is 0 Å². The number of nitrogens with zero attached hydrogens (tertiary/aromatic N) is 9. The van der Waals surface area contributed by atoms with Crippen molar-refractivity contribution in [3.63, 3.8) is 0 Å². The predicted octanol–water partition coefficient (Wildman–Crippen LogP) is 0.491. The second-order valence-corrected chi connectivity index (χ2v) is 9.50. The van der Waals surface area contributed by atoms with Gasteiger partial charge in [-0.15, -0.1) is 10.2 Å². The van der Waals surface area contributed by atoms with Gasteiger partial charge < -0.3 is 36.4 Å². The number of rotatable bonds is 5. The van der Waals surface area contributed by atoms with Crippen LogP contribution in [-0.2, 0) is 4.79 Å². The van der Waals surface area contributed by atoms with E-state index in [1.165, 1.54) is 11.2 Å². The van der Waals surface area contributed by atoms with Gasteiger partial charge in [0.1, 0.15) is 5.75 Å². The molecule has 1 spiro atoms. The second kappa shape index (κ2) is 11.6. The number of nitrogens with one attached hydrogen (secondary N) is 2. The van der Waals surface area contributed by atoms with Crippen molar-refractivity contribution in [1.29, 1.82) is 0 Å². The van der Waals surface area contributed by atoms with Gasteiger partial charge in [-0.1, -0.05) is 22.0 Å². The van der Waals surface area contributed by atoms with Crippen molar-refractivity contribution in [3.8, 4) is 11.7 Å². The number of amidine groups is 1. The third-order valence-corrected chi connectivity index (χ3v) is 6.77. The molecule has 0 bridgehead atoms. The fourth-order valence-corrected chi connectivity index (χ4v) is 4.70. The monoisotopic (exact) mass is 584 g/mol. The van der Waals surface area contributed by atoms with Crippen molar-refractivity contribution in [2.75, 3.05) is 19.6 Å². The average molecular weight is 585 g/mol. The standard InChI is InChI=1S/C22H25ClN14O4/c23-16-18(33-35-25)29-17(32-34-24)15(28-16)19(38)30-21-31-22(11-37(21)26)5-8-36(9-6-22)20(39)13-3-4-14(41-13)40-12-2-1-7-27-10-12/h1-4,7,10,15,28H,5-6,8-9,11,26H2,(H2,25,33)(H2,24,29,32)(H,30,31,38). The van der Waals surface area contributed by atoms with Gasteiger partial charge >= 0.3 is 0 Å². The van der Waals surface area contributed by atoms with E-state index in [9.17, 15) is 9.59 Å². The molecule has 3 aliphatic heterocycles. The molecule has 5 heterocycles. The molecule has 0 aromatic carbocycles. The lowest BCUT2D eigenvalue weighted by molar-refractivity contribution is -0.118. The molecule has 1 atom stereocenters. The largest absolute Gasteiger partial charge is 0.424 e. The van der Waals surface area contributed by atoms with Gasteiger partial charge in [-0.25, -0.2) is 10.8 Å². The van der Waals surface area contributed by atoms with Crippen LogP contribution in [0.15, 0.2) is 82.7 Å². The molecule has 5 rings (SSSR count). The SMILES string of the molecule is NN=NC1=NC(N=NN)=C(Cl)NC1C(=O)/N=C1/NC2(CCN(C(=O)c3ccc(Oc4cccnc4)o3)CC2)CN1N. The zero-order chi connectivity index (χ0) is 29.0. The summed E-state index contributed by atoms with van der Waals surface area (Å²) in [6, 6.07) is 5.38. The molecule has 18 nitrogen and oxygen atoms in total.